The number of carbonyl (C=O) groups is 1. The van der Waals surface area contributed by atoms with Crippen LogP contribution < -0.4 is 0 Å². The third-order valence-electron chi connectivity index (χ3n) is 3.67. The van der Waals surface area contributed by atoms with Gasteiger partial charge in [-0.3, -0.25) is 4.79 Å². The fraction of sp³-hybridized carbons (Fsp3) is 0.571. The van der Waals surface area contributed by atoms with E-state index >= 15 is 0 Å². The molecule has 0 spiro atoms. The van der Waals surface area contributed by atoms with Gasteiger partial charge in [-0.25, -0.2) is 4.98 Å². The van der Waals surface area contributed by atoms with E-state index in [4.69, 9.17) is 4.42 Å². The summed E-state index contributed by atoms with van der Waals surface area (Å²) in [5, 5.41) is 19.7. The lowest BCUT2D eigenvalue weighted by Gasteiger charge is -2.19. The maximum absolute atomic E-state index is 12.4. The molecule has 1 unspecified atom stereocenters. The van der Waals surface area contributed by atoms with Gasteiger partial charge in [0, 0.05) is 18.0 Å². The third-order valence-corrected chi connectivity index (χ3v) is 4.50. The molecule has 1 amide bonds. The lowest BCUT2D eigenvalue weighted by molar-refractivity contribution is 0.0487. The van der Waals surface area contributed by atoms with Gasteiger partial charge in [0.15, 0.2) is 5.01 Å². The van der Waals surface area contributed by atoms with Crippen molar-refractivity contribution in [2.75, 3.05) is 6.54 Å². The van der Waals surface area contributed by atoms with Crippen LogP contribution in [-0.4, -0.2) is 43.7 Å². The summed E-state index contributed by atoms with van der Waals surface area (Å²) < 4.78 is 5.42. The lowest BCUT2D eigenvalue weighted by Crippen LogP contribution is -2.33. The molecule has 2 aromatic heterocycles. The molecular weight excluding hydrogens is 304 g/mol. The molecule has 118 valence electrons. The number of nitrogens with zero attached hydrogens (tertiary/aromatic N) is 4. The van der Waals surface area contributed by atoms with Crippen LogP contribution in [0.5, 0.6) is 0 Å². The lowest BCUT2D eigenvalue weighted by atomic mass is 10.1. The molecule has 7 nitrogen and oxygen atoms in total. The Hall–Kier alpha value is -1.80. The van der Waals surface area contributed by atoms with Gasteiger partial charge in [-0.2, -0.15) is 0 Å². The molecule has 1 saturated heterocycles. The van der Waals surface area contributed by atoms with Gasteiger partial charge in [0.25, 0.3) is 11.8 Å². The standard InChI is InChI=1S/C14H18N4O3S/c1-8-5-4-6-18(8)12(19)9-7-22-11(15-9)10-16-17-13(21-10)14(2,3)20/h7-8,20H,4-6H2,1-3H3. The van der Waals surface area contributed by atoms with Crippen molar-refractivity contribution in [2.45, 2.75) is 45.3 Å². The summed E-state index contributed by atoms with van der Waals surface area (Å²) in [6.07, 6.45) is 2.06. The second-order valence-corrected chi connectivity index (χ2v) is 6.86. The molecule has 3 heterocycles. The van der Waals surface area contributed by atoms with E-state index in [1.807, 2.05) is 11.8 Å². The molecule has 22 heavy (non-hydrogen) atoms. The van der Waals surface area contributed by atoms with Crippen LogP contribution in [-0.2, 0) is 5.60 Å². The van der Waals surface area contributed by atoms with Crippen molar-refractivity contribution in [3.8, 4) is 10.9 Å². The maximum Gasteiger partial charge on any atom is 0.276 e. The van der Waals surface area contributed by atoms with E-state index in [0.29, 0.717) is 10.7 Å². The molecule has 2 aromatic rings. The second kappa shape index (κ2) is 5.44. The van der Waals surface area contributed by atoms with Crippen LogP contribution in [0.1, 0.15) is 50.0 Å². The third kappa shape index (κ3) is 2.76. The first-order chi connectivity index (χ1) is 10.4. The number of rotatable bonds is 3. The first-order valence-electron chi connectivity index (χ1n) is 7.19. The first kappa shape index (κ1) is 15.1. The number of aromatic nitrogens is 3. The fourth-order valence-electron chi connectivity index (χ4n) is 2.41. The highest BCUT2D eigenvalue weighted by atomic mass is 32.1. The average molecular weight is 322 g/mol. The molecule has 0 aromatic carbocycles. The number of thiazole rings is 1. The van der Waals surface area contributed by atoms with E-state index in [0.717, 1.165) is 19.4 Å². The summed E-state index contributed by atoms with van der Waals surface area (Å²) >= 11 is 1.28. The van der Waals surface area contributed by atoms with Crippen molar-refractivity contribution in [3.63, 3.8) is 0 Å². The highest BCUT2D eigenvalue weighted by Crippen LogP contribution is 2.27. The Morgan fingerprint density at radius 3 is 2.86 bits per heavy atom. The first-order valence-corrected chi connectivity index (χ1v) is 8.07. The molecular formula is C14H18N4O3S. The minimum Gasteiger partial charge on any atom is -0.415 e. The highest BCUT2D eigenvalue weighted by molar-refractivity contribution is 7.13. The normalized spacial score (nSPS) is 18.9. The maximum atomic E-state index is 12.4. The number of hydrogen-bond donors (Lipinski definition) is 1. The Balaban J connectivity index is 1.82. The molecule has 1 atom stereocenters. The van der Waals surface area contributed by atoms with E-state index < -0.39 is 5.60 Å². The van der Waals surface area contributed by atoms with E-state index in [2.05, 4.69) is 15.2 Å². The molecule has 0 radical (unpaired) electrons. The van der Waals surface area contributed by atoms with Crippen molar-refractivity contribution in [2.24, 2.45) is 0 Å². The van der Waals surface area contributed by atoms with E-state index in [-0.39, 0.29) is 23.7 Å². The monoisotopic (exact) mass is 322 g/mol. The quantitative estimate of drug-likeness (QED) is 0.929. The Labute approximate surface area is 132 Å². The van der Waals surface area contributed by atoms with Crippen molar-refractivity contribution >= 4 is 17.2 Å². The topological polar surface area (TPSA) is 92.4 Å². The van der Waals surface area contributed by atoms with Crippen LogP contribution in [0.2, 0.25) is 0 Å². The minimum absolute atomic E-state index is 0.0604. The fourth-order valence-corrected chi connectivity index (χ4v) is 3.12. The number of hydrogen-bond acceptors (Lipinski definition) is 7. The number of carbonyl (C=O) groups excluding carboxylic acids is 1. The highest BCUT2D eigenvalue weighted by Gasteiger charge is 2.29. The van der Waals surface area contributed by atoms with Gasteiger partial charge < -0.3 is 14.4 Å². The molecule has 1 N–H and O–H groups in total. The predicted octanol–water partition coefficient (Wildman–Crippen LogP) is 2.05. The molecule has 0 bridgehead atoms. The van der Waals surface area contributed by atoms with Crippen LogP contribution in [0.4, 0.5) is 0 Å². The van der Waals surface area contributed by atoms with Gasteiger partial charge in [-0.1, -0.05) is 0 Å². The molecule has 0 saturated carbocycles. The zero-order valence-corrected chi connectivity index (χ0v) is 13.6. The van der Waals surface area contributed by atoms with Crippen LogP contribution in [0.25, 0.3) is 10.9 Å². The smallest absolute Gasteiger partial charge is 0.276 e. The van der Waals surface area contributed by atoms with E-state index in [1.54, 1.807) is 19.2 Å². The number of amides is 1. The Bertz CT molecular complexity index is 688. The molecule has 1 fully saturated rings. The summed E-state index contributed by atoms with van der Waals surface area (Å²) in [6, 6.07) is 0.253. The average Bonchev–Trinajstić information content (AvgIpc) is 3.16. The summed E-state index contributed by atoms with van der Waals surface area (Å²) in [4.78, 5) is 18.6. The molecule has 0 aliphatic carbocycles. The van der Waals surface area contributed by atoms with Gasteiger partial charge in [-0.05, 0) is 33.6 Å². The van der Waals surface area contributed by atoms with Gasteiger partial charge in [0.05, 0.1) is 0 Å². The van der Waals surface area contributed by atoms with Crippen LogP contribution in [0.3, 0.4) is 0 Å². The number of aliphatic hydroxyl groups is 1. The zero-order chi connectivity index (χ0) is 15.9. The Morgan fingerprint density at radius 1 is 1.50 bits per heavy atom. The predicted molar refractivity (Wildman–Crippen MR) is 80.4 cm³/mol. The van der Waals surface area contributed by atoms with Crippen molar-refractivity contribution in [3.05, 3.63) is 17.0 Å². The summed E-state index contributed by atoms with van der Waals surface area (Å²) in [5.41, 5.74) is -0.802. The minimum atomic E-state index is -1.20. The second-order valence-electron chi connectivity index (χ2n) is 6.00. The summed E-state index contributed by atoms with van der Waals surface area (Å²) in [7, 11) is 0. The molecule has 1 aliphatic rings. The number of likely N-dealkylation sites (tertiary alicyclic amines) is 1. The molecule has 1 aliphatic heterocycles. The van der Waals surface area contributed by atoms with Gasteiger partial charge >= 0.3 is 0 Å². The van der Waals surface area contributed by atoms with Crippen LogP contribution in [0.15, 0.2) is 9.80 Å². The Kier molecular flexibility index (Phi) is 3.73. The molecule has 8 heteroatoms. The van der Waals surface area contributed by atoms with Gasteiger partial charge in [0.2, 0.25) is 5.89 Å². The Morgan fingerprint density at radius 2 is 2.27 bits per heavy atom. The van der Waals surface area contributed by atoms with Crippen LogP contribution >= 0.6 is 11.3 Å². The van der Waals surface area contributed by atoms with Gasteiger partial charge in [-0.15, -0.1) is 21.5 Å². The van der Waals surface area contributed by atoms with E-state index in [9.17, 15) is 9.90 Å². The largest absolute Gasteiger partial charge is 0.415 e. The summed E-state index contributed by atoms with van der Waals surface area (Å²) in [6.45, 7) is 5.95. The molecule has 3 rings (SSSR count). The van der Waals surface area contributed by atoms with Crippen molar-refractivity contribution in [1.29, 1.82) is 0 Å². The van der Waals surface area contributed by atoms with Gasteiger partial charge in [0.1, 0.15) is 11.3 Å². The zero-order valence-electron chi connectivity index (χ0n) is 12.7. The van der Waals surface area contributed by atoms with Crippen LogP contribution in [0, 0.1) is 0 Å². The SMILES string of the molecule is CC1CCCN1C(=O)c1csc(-c2nnc(C(C)(C)O)o2)n1. The van der Waals surface area contributed by atoms with Crippen molar-refractivity contribution in [1.82, 2.24) is 20.1 Å². The summed E-state index contributed by atoms with van der Waals surface area (Å²) in [5.74, 6) is 0.282. The van der Waals surface area contributed by atoms with Crippen molar-refractivity contribution < 1.29 is 14.3 Å². The van der Waals surface area contributed by atoms with E-state index in [1.165, 1.54) is 11.3 Å².